The van der Waals surface area contributed by atoms with Gasteiger partial charge in [0.2, 0.25) is 5.91 Å². The maximum Gasteiger partial charge on any atom is 0.246 e. The van der Waals surface area contributed by atoms with E-state index in [1.54, 1.807) is 36.4 Å². The lowest BCUT2D eigenvalue weighted by atomic mass is 10.2. The number of nitrogens with one attached hydrogen (secondary N) is 1. The molecule has 1 amide bonds. The first-order chi connectivity index (χ1) is 11.1. The smallest absolute Gasteiger partial charge is 0.246 e. The normalized spacial score (nSPS) is 9.78. The molecule has 2 aromatic rings. The lowest BCUT2D eigenvalue weighted by Gasteiger charge is -2.04. The molecule has 2 aromatic carbocycles. The quantitative estimate of drug-likeness (QED) is 0.832. The molecule has 118 valence electrons. The molecule has 0 saturated carbocycles. The molecule has 0 aliphatic carbocycles. The predicted octanol–water partition coefficient (Wildman–Crippen LogP) is 2.22. The van der Waals surface area contributed by atoms with Gasteiger partial charge in [-0.05, 0) is 42.0 Å². The summed E-state index contributed by atoms with van der Waals surface area (Å²) in [5, 5.41) is 11.8. The van der Waals surface area contributed by atoms with Crippen LogP contribution in [-0.2, 0) is 16.1 Å². The number of amides is 1. The fourth-order valence-corrected chi connectivity index (χ4v) is 1.73. The first-order valence-corrected chi connectivity index (χ1v) is 7.00. The highest BCUT2D eigenvalue weighted by atomic mass is 19.1. The van der Waals surface area contributed by atoms with Crippen LogP contribution in [0, 0.1) is 17.7 Å². The van der Waals surface area contributed by atoms with E-state index in [2.05, 4.69) is 17.2 Å². The lowest BCUT2D eigenvalue weighted by Crippen LogP contribution is -2.27. The Balaban J connectivity index is 1.65. The number of hydrogen-bond donors (Lipinski definition) is 2. The highest BCUT2D eigenvalue weighted by Gasteiger charge is 2.00. The average molecular weight is 313 g/mol. The zero-order valence-corrected chi connectivity index (χ0v) is 12.4. The third kappa shape index (κ3) is 6.20. The number of halogens is 1. The van der Waals surface area contributed by atoms with E-state index < -0.39 is 0 Å². The van der Waals surface area contributed by atoms with Crippen LogP contribution < -0.4 is 5.32 Å². The lowest BCUT2D eigenvalue weighted by molar-refractivity contribution is -0.125. The second-order valence-electron chi connectivity index (χ2n) is 4.74. The summed E-state index contributed by atoms with van der Waals surface area (Å²) in [7, 11) is 0. The Morgan fingerprint density at radius 2 is 1.83 bits per heavy atom. The Morgan fingerprint density at radius 3 is 2.52 bits per heavy atom. The molecule has 4 nitrogen and oxygen atoms in total. The van der Waals surface area contributed by atoms with Gasteiger partial charge in [-0.25, -0.2) is 4.39 Å². The van der Waals surface area contributed by atoms with Crippen molar-refractivity contribution < 1.29 is 19.0 Å². The second-order valence-corrected chi connectivity index (χ2v) is 4.74. The summed E-state index contributed by atoms with van der Waals surface area (Å²) in [6.45, 7) is 0.366. The molecular weight excluding hydrogens is 297 g/mol. The highest BCUT2D eigenvalue weighted by Crippen LogP contribution is 2.08. The highest BCUT2D eigenvalue weighted by molar-refractivity contribution is 5.77. The van der Waals surface area contributed by atoms with E-state index in [4.69, 9.17) is 9.84 Å². The van der Waals surface area contributed by atoms with Crippen molar-refractivity contribution in [3.05, 3.63) is 65.5 Å². The van der Waals surface area contributed by atoms with E-state index >= 15 is 0 Å². The standard InChI is InChI=1S/C18H16FNO3/c19-16-7-3-15(4-8-16)12-23-13-18(22)20-11-1-2-14-5-9-17(21)10-6-14/h3-10,21H,11-13H2,(H,20,22). The van der Waals surface area contributed by atoms with E-state index in [1.807, 2.05) is 0 Å². The second kappa shape index (κ2) is 8.57. The fraction of sp³-hybridized carbons (Fsp3) is 0.167. The van der Waals surface area contributed by atoms with Crippen molar-refractivity contribution in [2.24, 2.45) is 0 Å². The molecule has 0 aliphatic heterocycles. The summed E-state index contributed by atoms with van der Waals surface area (Å²) < 4.78 is 18.0. The summed E-state index contributed by atoms with van der Waals surface area (Å²) in [6.07, 6.45) is 0. The summed E-state index contributed by atoms with van der Waals surface area (Å²) in [5.41, 5.74) is 1.55. The number of phenolic OH excluding ortho intramolecular Hbond substituents is 1. The molecule has 0 saturated heterocycles. The topological polar surface area (TPSA) is 58.6 Å². The predicted molar refractivity (Wildman–Crippen MR) is 84.1 cm³/mol. The van der Waals surface area contributed by atoms with Gasteiger partial charge in [-0.15, -0.1) is 0 Å². The molecule has 5 heteroatoms. The first kappa shape index (κ1) is 16.5. The van der Waals surface area contributed by atoms with Gasteiger partial charge in [0.05, 0.1) is 13.2 Å². The number of aromatic hydroxyl groups is 1. The van der Waals surface area contributed by atoms with Gasteiger partial charge >= 0.3 is 0 Å². The van der Waals surface area contributed by atoms with Gasteiger partial charge in [0.1, 0.15) is 18.2 Å². The first-order valence-electron chi connectivity index (χ1n) is 7.00. The van der Waals surface area contributed by atoms with Crippen molar-refractivity contribution in [1.82, 2.24) is 5.32 Å². The maximum atomic E-state index is 12.7. The van der Waals surface area contributed by atoms with Crippen LogP contribution in [-0.4, -0.2) is 24.2 Å². The van der Waals surface area contributed by atoms with Crippen molar-refractivity contribution >= 4 is 5.91 Å². The van der Waals surface area contributed by atoms with Gasteiger partial charge in [-0.2, -0.15) is 0 Å². The summed E-state index contributed by atoms with van der Waals surface area (Å²) in [4.78, 5) is 11.5. The Kier molecular flexibility index (Phi) is 6.16. The molecular formula is C18H16FNO3. The number of carbonyl (C=O) groups is 1. The zero-order chi connectivity index (χ0) is 16.5. The van der Waals surface area contributed by atoms with E-state index in [-0.39, 0.29) is 37.2 Å². The van der Waals surface area contributed by atoms with Crippen molar-refractivity contribution in [2.75, 3.05) is 13.2 Å². The molecule has 0 spiro atoms. The minimum absolute atomic E-state index is 0.0851. The summed E-state index contributed by atoms with van der Waals surface area (Å²) in [5.74, 6) is 5.27. The fourth-order valence-electron chi connectivity index (χ4n) is 1.73. The van der Waals surface area contributed by atoms with Crippen LogP contribution >= 0.6 is 0 Å². The van der Waals surface area contributed by atoms with E-state index in [9.17, 15) is 9.18 Å². The van der Waals surface area contributed by atoms with Gasteiger partial charge in [-0.3, -0.25) is 4.79 Å². The average Bonchev–Trinajstić information content (AvgIpc) is 2.55. The third-order valence-corrected chi connectivity index (χ3v) is 2.89. The summed E-state index contributed by atoms with van der Waals surface area (Å²) >= 11 is 0. The Hall–Kier alpha value is -2.84. The number of rotatable bonds is 5. The van der Waals surface area contributed by atoms with Gasteiger partial charge in [0, 0.05) is 5.56 Å². The number of hydrogen-bond acceptors (Lipinski definition) is 3. The van der Waals surface area contributed by atoms with E-state index in [0.29, 0.717) is 0 Å². The molecule has 0 atom stereocenters. The van der Waals surface area contributed by atoms with Crippen LogP contribution in [0.4, 0.5) is 4.39 Å². The summed E-state index contributed by atoms with van der Waals surface area (Å²) in [6, 6.07) is 12.4. The van der Waals surface area contributed by atoms with Crippen molar-refractivity contribution in [3.8, 4) is 17.6 Å². The molecule has 2 N–H and O–H groups in total. The van der Waals surface area contributed by atoms with Crippen LogP contribution in [0.2, 0.25) is 0 Å². The molecule has 2 rings (SSSR count). The van der Waals surface area contributed by atoms with Crippen LogP contribution in [0.5, 0.6) is 5.75 Å². The van der Waals surface area contributed by atoms with Crippen LogP contribution in [0.3, 0.4) is 0 Å². The molecule has 0 fully saturated rings. The van der Waals surface area contributed by atoms with E-state index in [0.717, 1.165) is 11.1 Å². The van der Waals surface area contributed by atoms with Gasteiger partial charge in [0.15, 0.2) is 0 Å². The van der Waals surface area contributed by atoms with Crippen molar-refractivity contribution in [3.63, 3.8) is 0 Å². The Labute approximate surface area is 133 Å². The molecule has 0 bridgehead atoms. The molecule has 0 aliphatic rings. The van der Waals surface area contributed by atoms with Crippen LogP contribution in [0.25, 0.3) is 0 Å². The van der Waals surface area contributed by atoms with Crippen LogP contribution in [0.1, 0.15) is 11.1 Å². The molecule has 0 unspecified atom stereocenters. The largest absolute Gasteiger partial charge is 0.508 e. The van der Waals surface area contributed by atoms with Gasteiger partial charge in [0.25, 0.3) is 0 Å². The number of benzene rings is 2. The van der Waals surface area contributed by atoms with Crippen LogP contribution in [0.15, 0.2) is 48.5 Å². The van der Waals surface area contributed by atoms with E-state index in [1.165, 1.54) is 12.1 Å². The molecule has 23 heavy (non-hydrogen) atoms. The monoisotopic (exact) mass is 313 g/mol. The number of phenols is 1. The Morgan fingerprint density at radius 1 is 1.13 bits per heavy atom. The zero-order valence-electron chi connectivity index (χ0n) is 12.4. The minimum atomic E-state index is -0.307. The van der Waals surface area contributed by atoms with Crippen molar-refractivity contribution in [1.29, 1.82) is 0 Å². The third-order valence-electron chi connectivity index (χ3n) is 2.89. The number of ether oxygens (including phenoxy) is 1. The van der Waals surface area contributed by atoms with Gasteiger partial charge in [-0.1, -0.05) is 24.0 Å². The SMILES string of the molecule is O=C(COCc1ccc(F)cc1)NCC#Cc1ccc(O)cc1. The maximum absolute atomic E-state index is 12.7. The number of carbonyl (C=O) groups excluding carboxylic acids is 1. The molecule has 0 heterocycles. The molecule has 0 radical (unpaired) electrons. The van der Waals surface area contributed by atoms with Gasteiger partial charge < -0.3 is 15.2 Å². The molecule has 0 aromatic heterocycles. The minimum Gasteiger partial charge on any atom is -0.508 e. The van der Waals surface area contributed by atoms with Crippen molar-refractivity contribution in [2.45, 2.75) is 6.61 Å². The Bertz CT molecular complexity index is 700.